The minimum Gasteiger partial charge on any atom is -0.341 e. The number of anilines is 2. The molecule has 1 aliphatic carbocycles. The fraction of sp³-hybridized carbons (Fsp3) is 0.190. The number of hydrogen-bond donors (Lipinski definition) is 3. The van der Waals surface area contributed by atoms with E-state index in [4.69, 9.17) is 4.98 Å². The lowest BCUT2D eigenvalue weighted by molar-refractivity contribution is 0.102. The average Bonchev–Trinajstić information content (AvgIpc) is 3.54. The molecule has 136 valence electrons. The van der Waals surface area contributed by atoms with E-state index in [2.05, 4.69) is 16.0 Å². The summed E-state index contributed by atoms with van der Waals surface area (Å²) in [7, 11) is 1.55. The smallest absolute Gasteiger partial charge is 0.318 e. The van der Waals surface area contributed by atoms with Crippen molar-refractivity contribution in [2.75, 3.05) is 17.7 Å². The Morgan fingerprint density at radius 1 is 0.963 bits per heavy atom. The average molecular weight is 360 g/mol. The lowest BCUT2D eigenvalue weighted by Crippen LogP contribution is -2.24. The Hall–Kier alpha value is -3.41. The summed E-state index contributed by atoms with van der Waals surface area (Å²) >= 11 is 0. The number of benzene rings is 2. The third kappa shape index (κ3) is 3.74. The predicted molar refractivity (Wildman–Crippen MR) is 106 cm³/mol. The first-order valence-electron chi connectivity index (χ1n) is 8.94. The van der Waals surface area contributed by atoms with Crippen LogP contribution in [-0.2, 0) is 0 Å². The minimum atomic E-state index is -0.289. The SMILES string of the molecule is CNC(=O)Nc1ccc(NC(=O)c2cc(C3CC3)nc3ccccc23)cc1. The second kappa shape index (κ2) is 7.07. The van der Waals surface area contributed by atoms with Crippen LogP contribution < -0.4 is 16.0 Å². The lowest BCUT2D eigenvalue weighted by Gasteiger charge is -2.11. The number of carbonyl (C=O) groups excluding carboxylic acids is 2. The van der Waals surface area contributed by atoms with E-state index in [0.29, 0.717) is 22.9 Å². The molecular formula is C21H20N4O2. The summed E-state index contributed by atoms with van der Waals surface area (Å²) in [6.07, 6.45) is 2.26. The van der Waals surface area contributed by atoms with Crippen LogP contribution >= 0.6 is 0 Å². The summed E-state index contributed by atoms with van der Waals surface area (Å²) in [5, 5.41) is 8.96. The zero-order valence-corrected chi connectivity index (χ0v) is 15.0. The van der Waals surface area contributed by atoms with Crippen molar-refractivity contribution in [3.05, 3.63) is 65.9 Å². The highest BCUT2D eigenvalue weighted by Gasteiger charge is 2.26. The number of urea groups is 1. The Labute approximate surface area is 157 Å². The van der Waals surface area contributed by atoms with Crippen molar-refractivity contribution < 1.29 is 9.59 Å². The summed E-state index contributed by atoms with van der Waals surface area (Å²) in [5.41, 5.74) is 3.78. The zero-order valence-electron chi connectivity index (χ0n) is 15.0. The van der Waals surface area contributed by atoms with Crippen LogP contribution in [0.25, 0.3) is 10.9 Å². The molecule has 0 spiro atoms. The third-order valence-corrected chi connectivity index (χ3v) is 4.60. The molecule has 1 fully saturated rings. The molecule has 1 aromatic heterocycles. The van der Waals surface area contributed by atoms with Crippen LogP contribution in [0.15, 0.2) is 54.6 Å². The zero-order chi connectivity index (χ0) is 18.8. The van der Waals surface area contributed by atoms with Crippen molar-refractivity contribution in [1.29, 1.82) is 0 Å². The van der Waals surface area contributed by atoms with Crippen molar-refractivity contribution >= 4 is 34.2 Å². The van der Waals surface area contributed by atoms with Gasteiger partial charge in [-0.2, -0.15) is 0 Å². The van der Waals surface area contributed by atoms with Gasteiger partial charge in [0.2, 0.25) is 0 Å². The van der Waals surface area contributed by atoms with Crippen LogP contribution in [0.1, 0.15) is 34.8 Å². The van der Waals surface area contributed by atoms with E-state index in [1.54, 1.807) is 31.3 Å². The van der Waals surface area contributed by atoms with Gasteiger partial charge < -0.3 is 16.0 Å². The predicted octanol–water partition coefficient (Wildman–Crippen LogP) is 4.12. The Morgan fingerprint density at radius 2 is 1.63 bits per heavy atom. The molecule has 0 saturated heterocycles. The van der Waals surface area contributed by atoms with E-state index in [-0.39, 0.29) is 11.9 Å². The molecule has 3 N–H and O–H groups in total. The van der Waals surface area contributed by atoms with E-state index in [1.165, 1.54) is 0 Å². The quantitative estimate of drug-likeness (QED) is 0.654. The van der Waals surface area contributed by atoms with Gasteiger partial charge >= 0.3 is 6.03 Å². The third-order valence-electron chi connectivity index (χ3n) is 4.60. The standard InChI is InChI=1S/C21H20N4O2/c1-22-21(27)24-15-10-8-14(9-11-15)23-20(26)17-12-19(13-6-7-13)25-18-5-3-2-4-16(17)18/h2-5,8-13H,6-7H2,1H3,(H,23,26)(H2,22,24,27). The van der Waals surface area contributed by atoms with Gasteiger partial charge in [0, 0.05) is 35.4 Å². The molecular weight excluding hydrogens is 340 g/mol. The molecule has 6 heteroatoms. The summed E-state index contributed by atoms with van der Waals surface area (Å²) in [4.78, 5) is 29.0. The fourth-order valence-corrected chi connectivity index (χ4v) is 3.00. The van der Waals surface area contributed by atoms with Gasteiger partial charge in [-0.15, -0.1) is 0 Å². The first-order chi connectivity index (χ1) is 13.1. The molecule has 0 bridgehead atoms. The second-order valence-electron chi connectivity index (χ2n) is 6.62. The Balaban J connectivity index is 1.58. The van der Waals surface area contributed by atoms with Crippen LogP contribution in [0.5, 0.6) is 0 Å². The van der Waals surface area contributed by atoms with Gasteiger partial charge in [-0.05, 0) is 49.2 Å². The van der Waals surface area contributed by atoms with Crippen LogP contribution in [-0.4, -0.2) is 24.0 Å². The number of nitrogens with zero attached hydrogens (tertiary/aromatic N) is 1. The summed E-state index contributed by atoms with van der Waals surface area (Å²) < 4.78 is 0. The summed E-state index contributed by atoms with van der Waals surface area (Å²) in [6, 6.07) is 16.3. The van der Waals surface area contributed by atoms with Crippen LogP contribution in [0.4, 0.5) is 16.2 Å². The van der Waals surface area contributed by atoms with E-state index < -0.39 is 0 Å². The topological polar surface area (TPSA) is 83.1 Å². The Morgan fingerprint density at radius 3 is 2.30 bits per heavy atom. The van der Waals surface area contributed by atoms with E-state index in [1.807, 2.05) is 30.3 Å². The Bertz CT molecular complexity index is 1010. The van der Waals surface area contributed by atoms with Crippen molar-refractivity contribution in [3.63, 3.8) is 0 Å². The molecule has 27 heavy (non-hydrogen) atoms. The number of aromatic nitrogens is 1. The maximum atomic E-state index is 12.9. The number of pyridine rings is 1. The molecule has 1 aliphatic rings. The molecule has 0 radical (unpaired) electrons. The van der Waals surface area contributed by atoms with Gasteiger partial charge in [-0.3, -0.25) is 9.78 Å². The molecule has 0 aliphatic heterocycles. The maximum Gasteiger partial charge on any atom is 0.318 e. The van der Waals surface area contributed by atoms with Crippen molar-refractivity contribution in [3.8, 4) is 0 Å². The van der Waals surface area contributed by atoms with Gasteiger partial charge in [-0.1, -0.05) is 18.2 Å². The largest absolute Gasteiger partial charge is 0.341 e. The van der Waals surface area contributed by atoms with Crippen molar-refractivity contribution in [2.24, 2.45) is 0 Å². The first-order valence-corrected chi connectivity index (χ1v) is 8.94. The Kier molecular flexibility index (Phi) is 4.46. The van der Waals surface area contributed by atoms with Crippen LogP contribution in [0.2, 0.25) is 0 Å². The molecule has 6 nitrogen and oxygen atoms in total. The van der Waals surface area contributed by atoms with E-state index in [9.17, 15) is 9.59 Å². The van der Waals surface area contributed by atoms with Gasteiger partial charge in [0.25, 0.3) is 5.91 Å². The highest BCUT2D eigenvalue weighted by atomic mass is 16.2. The summed E-state index contributed by atoms with van der Waals surface area (Å²) in [6.45, 7) is 0. The molecule has 0 atom stereocenters. The minimum absolute atomic E-state index is 0.164. The van der Waals surface area contributed by atoms with E-state index >= 15 is 0 Å². The maximum absolute atomic E-state index is 12.9. The number of nitrogens with one attached hydrogen (secondary N) is 3. The van der Waals surface area contributed by atoms with Gasteiger partial charge in [0.05, 0.1) is 11.1 Å². The number of para-hydroxylation sites is 1. The first kappa shape index (κ1) is 17.0. The number of amides is 3. The molecule has 1 saturated carbocycles. The number of fused-ring (bicyclic) bond motifs is 1. The number of carbonyl (C=O) groups is 2. The lowest BCUT2D eigenvalue weighted by atomic mass is 10.1. The second-order valence-corrected chi connectivity index (χ2v) is 6.62. The highest BCUT2D eigenvalue weighted by molar-refractivity contribution is 6.12. The normalized spacial score (nSPS) is 13.2. The molecule has 3 aromatic rings. The molecule has 0 unspecified atom stereocenters. The van der Waals surface area contributed by atoms with Crippen LogP contribution in [0, 0.1) is 0 Å². The monoisotopic (exact) mass is 360 g/mol. The summed E-state index contributed by atoms with van der Waals surface area (Å²) in [5.74, 6) is 0.304. The van der Waals surface area contributed by atoms with E-state index in [0.717, 1.165) is 29.4 Å². The van der Waals surface area contributed by atoms with Gasteiger partial charge in [0.15, 0.2) is 0 Å². The van der Waals surface area contributed by atoms with Crippen LogP contribution in [0.3, 0.4) is 0 Å². The van der Waals surface area contributed by atoms with Gasteiger partial charge in [0.1, 0.15) is 0 Å². The number of rotatable bonds is 4. The molecule has 1 heterocycles. The molecule has 2 aromatic carbocycles. The van der Waals surface area contributed by atoms with Crippen molar-refractivity contribution in [1.82, 2.24) is 10.3 Å². The van der Waals surface area contributed by atoms with Gasteiger partial charge in [-0.25, -0.2) is 4.79 Å². The molecule has 4 rings (SSSR count). The molecule has 3 amide bonds. The highest BCUT2D eigenvalue weighted by Crippen LogP contribution is 2.40. The fourth-order valence-electron chi connectivity index (χ4n) is 3.00. The van der Waals surface area contributed by atoms with Crippen molar-refractivity contribution in [2.45, 2.75) is 18.8 Å². The number of hydrogen-bond acceptors (Lipinski definition) is 3.